The number of amides is 1. The molecule has 0 spiro atoms. The second kappa shape index (κ2) is 7.59. The molecule has 0 aromatic carbocycles. The van der Waals surface area contributed by atoms with Crippen molar-refractivity contribution < 1.29 is 19.4 Å². The van der Waals surface area contributed by atoms with Gasteiger partial charge in [-0.3, -0.25) is 0 Å². The summed E-state index contributed by atoms with van der Waals surface area (Å²) in [4.78, 5) is 11.6. The van der Waals surface area contributed by atoms with Crippen molar-refractivity contribution >= 4 is 6.09 Å². The summed E-state index contributed by atoms with van der Waals surface area (Å²) >= 11 is 0. The van der Waals surface area contributed by atoms with Gasteiger partial charge in [0.05, 0.1) is 12.1 Å². The molecule has 5 heteroatoms. The van der Waals surface area contributed by atoms with Gasteiger partial charge in [-0.25, -0.2) is 4.79 Å². The molecular weight excluding hydrogens is 234 g/mol. The number of hydrogen-bond donors (Lipinski definition) is 2. The van der Waals surface area contributed by atoms with Crippen LogP contribution in [0.15, 0.2) is 0 Å². The summed E-state index contributed by atoms with van der Waals surface area (Å²) in [7, 11) is 0. The number of carbonyl (C=O) groups excluding carboxylic acids is 1. The van der Waals surface area contributed by atoms with Crippen LogP contribution in [0.3, 0.4) is 0 Å². The molecule has 0 rings (SSSR count). The van der Waals surface area contributed by atoms with Crippen molar-refractivity contribution in [2.45, 2.75) is 71.8 Å². The highest BCUT2D eigenvalue weighted by Gasteiger charge is 2.27. The summed E-state index contributed by atoms with van der Waals surface area (Å²) in [5, 5.41) is 12.7. The van der Waals surface area contributed by atoms with Crippen molar-refractivity contribution in [3.05, 3.63) is 0 Å². The van der Waals surface area contributed by atoms with Gasteiger partial charge in [-0.05, 0) is 41.0 Å². The largest absolute Gasteiger partial charge is 0.444 e. The molecule has 108 valence electrons. The highest BCUT2D eigenvalue weighted by Crippen LogP contribution is 2.10. The van der Waals surface area contributed by atoms with Gasteiger partial charge in [-0.15, -0.1) is 0 Å². The Bertz CT molecular complexity index is 250. The van der Waals surface area contributed by atoms with Gasteiger partial charge in [0.2, 0.25) is 0 Å². The first-order valence-electron chi connectivity index (χ1n) is 6.50. The summed E-state index contributed by atoms with van der Waals surface area (Å²) in [5.41, 5.74) is -0.543. The van der Waals surface area contributed by atoms with E-state index in [2.05, 4.69) is 5.32 Å². The molecule has 0 aliphatic rings. The number of hydrogen-bond acceptors (Lipinski definition) is 4. The number of alkyl carbamates (subject to hydrolysis) is 1. The Morgan fingerprint density at radius 1 is 1.33 bits per heavy atom. The van der Waals surface area contributed by atoms with Gasteiger partial charge in [0.15, 0.2) is 0 Å². The van der Waals surface area contributed by atoms with Gasteiger partial charge in [-0.2, -0.15) is 0 Å². The lowest BCUT2D eigenvalue weighted by atomic mass is 10.0. The lowest BCUT2D eigenvalue weighted by Crippen LogP contribution is -2.49. The molecule has 0 radical (unpaired) electrons. The van der Waals surface area contributed by atoms with Crippen molar-refractivity contribution in [2.24, 2.45) is 0 Å². The van der Waals surface area contributed by atoms with Crippen LogP contribution < -0.4 is 5.32 Å². The first kappa shape index (κ1) is 17.2. The Balaban J connectivity index is 4.37. The van der Waals surface area contributed by atoms with E-state index in [1.54, 1.807) is 27.7 Å². The molecule has 0 aromatic heterocycles. The van der Waals surface area contributed by atoms with E-state index < -0.39 is 17.8 Å². The summed E-state index contributed by atoms with van der Waals surface area (Å²) in [6, 6.07) is -0.374. The van der Waals surface area contributed by atoms with E-state index in [0.29, 0.717) is 13.0 Å². The van der Waals surface area contributed by atoms with Crippen LogP contribution in [-0.2, 0) is 9.47 Å². The van der Waals surface area contributed by atoms with E-state index in [4.69, 9.17) is 9.47 Å². The highest BCUT2D eigenvalue weighted by molar-refractivity contribution is 5.68. The van der Waals surface area contributed by atoms with Crippen molar-refractivity contribution in [1.29, 1.82) is 0 Å². The lowest BCUT2D eigenvalue weighted by molar-refractivity contribution is -0.0401. The molecule has 0 fully saturated rings. The number of carbonyl (C=O) groups is 1. The van der Waals surface area contributed by atoms with Gasteiger partial charge in [0, 0.05) is 6.61 Å². The molecular formula is C13H27NO4. The first-order valence-corrected chi connectivity index (χ1v) is 6.50. The zero-order valence-corrected chi connectivity index (χ0v) is 12.3. The zero-order valence-electron chi connectivity index (χ0n) is 12.3. The molecule has 0 aromatic rings. The number of nitrogens with one attached hydrogen (secondary N) is 1. The average molecular weight is 261 g/mol. The minimum atomic E-state index is -0.748. The molecule has 5 nitrogen and oxygen atoms in total. The molecule has 2 N–H and O–H groups in total. The van der Waals surface area contributed by atoms with Gasteiger partial charge in [0.25, 0.3) is 0 Å². The van der Waals surface area contributed by atoms with Crippen LogP contribution >= 0.6 is 0 Å². The van der Waals surface area contributed by atoms with E-state index in [9.17, 15) is 9.90 Å². The third-order valence-electron chi connectivity index (χ3n) is 2.46. The van der Waals surface area contributed by atoms with Crippen LogP contribution in [0.2, 0.25) is 0 Å². The second-order valence-corrected chi connectivity index (χ2v) is 5.31. The van der Waals surface area contributed by atoms with E-state index in [0.717, 1.165) is 0 Å². The summed E-state index contributed by atoms with van der Waals surface area (Å²) < 4.78 is 10.5. The normalized spacial score (nSPS) is 16.8. The highest BCUT2D eigenvalue weighted by atomic mass is 16.6. The molecule has 3 atom stereocenters. The maximum atomic E-state index is 11.6. The maximum Gasteiger partial charge on any atom is 0.407 e. The molecule has 0 bridgehead atoms. The predicted octanol–water partition coefficient (Wildman–Crippen LogP) is 2.08. The van der Waals surface area contributed by atoms with Gasteiger partial charge >= 0.3 is 6.09 Å². The Kier molecular flexibility index (Phi) is 7.25. The Labute approximate surface area is 110 Å². The molecule has 0 saturated carbocycles. The SMILES string of the molecule is CCO[C@@H](C)C(O)C(CC)NC(=O)OC(C)(C)C. The van der Waals surface area contributed by atoms with E-state index in [1.165, 1.54) is 0 Å². The Morgan fingerprint density at radius 3 is 2.28 bits per heavy atom. The third-order valence-corrected chi connectivity index (χ3v) is 2.46. The summed E-state index contributed by atoms with van der Waals surface area (Å²) in [6.07, 6.45) is -0.980. The van der Waals surface area contributed by atoms with E-state index in [-0.39, 0.29) is 12.1 Å². The first-order chi connectivity index (χ1) is 8.21. The zero-order chi connectivity index (χ0) is 14.3. The number of rotatable bonds is 6. The Morgan fingerprint density at radius 2 is 1.89 bits per heavy atom. The van der Waals surface area contributed by atoms with E-state index in [1.807, 2.05) is 13.8 Å². The van der Waals surface area contributed by atoms with Crippen LogP contribution in [0.5, 0.6) is 0 Å². The monoisotopic (exact) mass is 261 g/mol. The Hall–Kier alpha value is -0.810. The molecule has 0 aliphatic carbocycles. The van der Waals surface area contributed by atoms with Crippen molar-refractivity contribution in [1.82, 2.24) is 5.32 Å². The standard InChI is InChI=1S/C13H27NO4/c1-7-10(11(15)9(3)17-8-2)14-12(16)18-13(4,5)6/h9-11,15H,7-8H2,1-6H3,(H,14,16)/t9-,10?,11?/m0/s1. The van der Waals surface area contributed by atoms with Crippen molar-refractivity contribution in [3.8, 4) is 0 Å². The summed E-state index contributed by atoms with van der Waals surface area (Å²) in [5.74, 6) is 0. The smallest absolute Gasteiger partial charge is 0.407 e. The van der Waals surface area contributed by atoms with Crippen LogP contribution in [-0.4, -0.2) is 41.7 Å². The topological polar surface area (TPSA) is 67.8 Å². The average Bonchev–Trinajstić information content (AvgIpc) is 2.22. The van der Waals surface area contributed by atoms with Crippen LogP contribution in [0.25, 0.3) is 0 Å². The molecule has 0 saturated heterocycles. The molecule has 2 unspecified atom stereocenters. The fraction of sp³-hybridized carbons (Fsp3) is 0.923. The van der Waals surface area contributed by atoms with Crippen molar-refractivity contribution in [3.63, 3.8) is 0 Å². The van der Waals surface area contributed by atoms with Crippen molar-refractivity contribution in [2.75, 3.05) is 6.61 Å². The fourth-order valence-corrected chi connectivity index (χ4v) is 1.58. The molecule has 18 heavy (non-hydrogen) atoms. The number of aliphatic hydroxyl groups is 1. The van der Waals surface area contributed by atoms with Crippen LogP contribution in [0.1, 0.15) is 48.0 Å². The molecule has 0 heterocycles. The maximum absolute atomic E-state index is 11.6. The molecule has 0 aliphatic heterocycles. The number of aliphatic hydroxyl groups excluding tert-OH is 1. The quantitative estimate of drug-likeness (QED) is 0.768. The number of ether oxygens (including phenoxy) is 2. The second-order valence-electron chi connectivity index (χ2n) is 5.31. The summed E-state index contributed by atoms with van der Waals surface area (Å²) in [6.45, 7) is 11.5. The lowest BCUT2D eigenvalue weighted by Gasteiger charge is -2.28. The van der Waals surface area contributed by atoms with Crippen LogP contribution in [0.4, 0.5) is 4.79 Å². The minimum Gasteiger partial charge on any atom is -0.444 e. The van der Waals surface area contributed by atoms with Gasteiger partial charge in [0.1, 0.15) is 11.7 Å². The predicted molar refractivity (Wildman–Crippen MR) is 70.5 cm³/mol. The third kappa shape index (κ3) is 6.81. The van der Waals surface area contributed by atoms with Crippen LogP contribution in [0, 0.1) is 0 Å². The molecule has 1 amide bonds. The fourth-order valence-electron chi connectivity index (χ4n) is 1.58. The van der Waals surface area contributed by atoms with Gasteiger partial charge < -0.3 is 19.9 Å². The minimum absolute atomic E-state index is 0.324. The van der Waals surface area contributed by atoms with E-state index >= 15 is 0 Å². The van der Waals surface area contributed by atoms with Gasteiger partial charge in [-0.1, -0.05) is 6.92 Å².